The molecule has 11 heteroatoms. The van der Waals surface area contributed by atoms with Gasteiger partial charge in [-0.05, 0) is 62.2 Å². The molecule has 1 saturated carbocycles. The van der Waals surface area contributed by atoms with E-state index in [-0.39, 0.29) is 33.3 Å². The molecule has 1 atom stereocenters. The Hall–Kier alpha value is -2.46. The number of carbonyl (C=O) groups excluding carboxylic acids is 1. The highest BCUT2D eigenvalue weighted by atomic mass is 35.5. The Morgan fingerprint density at radius 3 is 2.33 bits per heavy atom. The molecule has 0 aliphatic heterocycles. The molecule has 33 heavy (non-hydrogen) atoms. The molecule has 6 nitrogen and oxygen atoms in total. The fourth-order valence-corrected chi connectivity index (χ4v) is 4.80. The molecular weight excluding hydrogens is 481 g/mol. The summed E-state index contributed by atoms with van der Waals surface area (Å²) in [6.07, 6.45) is -0.226. The van der Waals surface area contributed by atoms with Crippen LogP contribution in [0.15, 0.2) is 47.4 Å². The number of hydrogen-bond donors (Lipinski definition) is 2. The zero-order chi connectivity index (χ0) is 24.2. The SMILES string of the molecule is C[C@H](Oc1ccc(S(=O)(=O)Nc2cc(C(F)(F)F)ccc2Cl)cc1)C(=O)NC1CCCCC1. The van der Waals surface area contributed by atoms with E-state index < -0.39 is 27.9 Å². The molecule has 0 unspecified atom stereocenters. The average Bonchev–Trinajstić information content (AvgIpc) is 2.75. The topological polar surface area (TPSA) is 84.5 Å². The third kappa shape index (κ3) is 6.77. The first-order valence-corrected chi connectivity index (χ1v) is 12.3. The fourth-order valence-electron chi connectivity index (χ4n) is 3.50. The lowest BCUT2D eigenvalue weighted by Crippen LogP contribution is -2.43. The number of halogens is 4. The monoisotopic (exact) mass is 504 g/mol. The summed E-state index contributed by atoms with van der Waals surface area (Å²) in [5.74, 6) is 0.0248. The summed E-state index contributed by atoms with van der Waals surface area (Å²) >= 11 is 5.87. The molecular formula is C22H24ClF3N2O4S. The van der Waals surface area contributed by atoms with Crippen molar-refractivity contribution in [2.75, 3.05) is 4.72 Å². The van der Waals surface area contributed by atoms with Crippen molar-refractivity contribution in [2.45, 2.75) is 62.2 Å². The summed E-state index contributed by atoms with van der Waals surface area (Å²) in [7, 11) is -4.22. The molecule has 0 saturated heterocycles. The van der Waals surface area contributed by atoms with Crippen molar-refractivity contribution in [3.63, 3.8) is 0 Å². The second-order valence-electron chi connectivity index (χ2n) is 7.87. The zero-order valence-corrected chi connectivity index (χ0v) is 19.4. The van der Waals surface area contributed by atoms with Gasteiger partial charge in [0.15, 0.2) is 6.10 Å². The highest BCUT2D eigenvalue weighted by molar-refractivity contribution is 7.92. The van der Waals surface area contributed by atoms with E-state index in [0.29, 0.717) is 6.07 Å². The van der Waals surface area contributed by atoms with Gasteiger partial charge >= 0.3 is 6.18 Å². The van der Waals surface area contributed by atoms with Crippen molar-refractivity contribution in [1.29, 1.82) is 0 Å². The third-order valence-electron chi connectivity index (χ3n) is 5.31. The first kappa shape index (κ1) is 25.2. The smallest absolute Gasteiger partial charge is 0.416 e. The van der Waals surface area contributed by atoms with Gasteiger partial charge in [0.2, 0.25) is 0 Å². The van der Waals surface area contributed by atoms with Crippen molar-refractivity contribution < 1.29 is 31.1 Å². The maximum absolute atomic E-state index is 12.9. The zero-order valence-electron chi connectivity index (χ0n) is 17.8. The Bertz CT molecular complexity index is 1090. The summed E-state index contributed by atoms with van der Waals surface area (Å²) in [6.45, 7) is 1.60. The van der Waals surface area contributed by atoms with E-state index in [9.17, 15) is 26.4 Å². The minimum absolute atomic E-state index is 0.138. The van der Waals surface area contributed by atoms with Crippen LogP contribution in [0.1, 0.15) is 44.6 Å². The van der Waals surface area contributed by atoms with Crippen LogP contribution in [0.2, 0.25) is 5.02 Å². The summed E-state index contributed by atoms with van der Waals surface area (Å²) in [4.78, 5) is 12.1. The second kappa shape index (κ2) is 10.2. The minimum atomic E-state index is -4.65. The highest BCUT2D eigenvalue weighted by Gasteiger charge is 2.31. The Balaban J connectivity index is 1.66. The highest BCUT2D eigenvalue weighted by Crippen LogP contribution is 2.34. The van der Waals surface area contributed by atoms with Crippen molar-refractivity contribution in [3.8, 4) is 5.75 Å². The van der Waals surface area contributed by atoms with Crippen LogP contribution in [-0.4, -0.2) is 26.5 Å². The van der Waals surface area contributed by atoms with Gasteiger partial charge in [-0.1, -0.05) is 30.9 Å². The van der Waals surface area contributed by atoms with Gasteiger partial charge in [0.05, 0.1) is 21.2 Å². The van der Waals surface area contributed by atoms with Gasteiger partial charge in [-0.15, -0.1) is 0 Å². The minimum Gasteiger partial charge on any atom is -0.481 e. The second-order valence-corrected chi connectivity index (χ2v) is 9.96. The molecule has 2 aromatic carbocycles. The number of anilines is 1. The maximum Gasteiger partial charge on any atom is 0.416 e. The van der Waals surface area contributed by atoms with Crippen LogP contribution >= 0.6 is 11.6 Å². The van der Waals surface area contributed by atoms with E-state index in [1.165, 1.54) is 30.7 Å². The van der Waals surface area contributed by atoms with Crippen LogP contribution in [0.5, 0.6) is 5.75 Å². The molecule has 1 aliphatic rings. The number of hydrogen-bond acceptors (Lipinski definition) is 4. The number of nitrogens with one attached hydrogen (secondary N) is 2. The molecule has 2 N–H and O–H groups in total. The number of benzene rings is 2. The Kier molecular flexibility index (Phi) is 7.79. The number of ether oxygens (including phenoxy) is 1. The van der Waals surface area contributed by atoms with Crippen LogP contribution in [-0.2, 0) is 21.0 Å². The van der Waals surface area contributed by atoms with E-state index in [1.807, 2.05) is 0 Å². The standard InChI is InChI=1S/C22H24ClF3N2O4S/c1-14(21(29)27-16-5-3-2-4-6-16)32-17-8-10-18(11-9-17)33(30,31)28-20-13-15(22(24,25)26)7-12-19(20)23/h7-14,16,28H,2-6H2,1H3,(H,27,29)/t14-/m0/s1. The fraction of sp³-hybridized carbons (Fsp3) is 0.409. The van der Waals surface area contributed by atoms with E-state index in [1.54, 1.807) is 6.92 Å². The number of alkyl halides is 3. The third-order valence-corrected chi connectivity index (χ3v) is 7.02. The van der Waals surface area contributed by atoms with E-state index in [0.717, 1.165) is 37.8 Å². The predicted octanol–water partition coefficient (Wildman–Crippen LogP) is 5.38. The number of sulfonamides is 1. The Labute approximate surface area is 195 Å². The quantitative estimate of drug-likeness (QED) is 0.530. The lowest BCUT2D eigenvalue weighted by molar-refractivity contribution is -0.137. The van der Waals surface area contributed by atoms with Gasteiger partial charge in [-0.3, -0.25) is 9.52 Å². The maximum atomic E-state index is 12.9. The molecule has 1 aliphatic carbocycles. The van der Waals surface area contributed by atoms with Gasteiger partial charge in [-0.2, -0.15) is 13.2 Å². The summed E-state index contributed by atoms with van der Waals surface area (Å²) in [5, 5.41) is 2.78. The van der Waals surface area contributed by atoms with Crippen molar-refractivity contribution in [1.82, 2.24) is 5.32 Å². The molecule has 180 valence electrons. The van der Waals surface area contributed by atoms with Crippen molar-refractivity contribution in [3.05, 3.63) is 53.1 Å². The average molecular weight is 505 g/mol. The normalized spacial score (nSPS) is 16.2. The largest absolute Gasteiger partial charge is 0.481 e. The van der Waals surface area contributed by atoms with E-state index >= 15 is 0 Å². The van der Waals surface area contributed by atoms with E-state index in [4.69, 9.17) is 16.3 Å². The van der Waals surface area contributed by atoms with Gasteiger partial charge < -0.3 is 10.1 Å². The lowest BCUT2D eigenvalue weighted by atomic mass is 9.95. The predicted molar refractivity (Wildman–Crippen MR) is 119 cm³/mol. The molecule has 0 heterocycles. The van der Waals surface area contributed by atoms with Crippen LogP contribution in [0.4, 0.5) is 18.9 Å². The first-order chi connectivity index (χ1) is 15.5. The number of carbonyl (C=O) groups is 1. The van der Waals surface area contributed by atoms with Crippen molar-refractivity contribution >= 4 is 33.2 Å². The van der Waals surface area contributed by atoms with Gasteiger partial charge in [-0.25, -0.2) is 8.42 Å². The van der Waals surface area contributed by atoms with Gasteiger partial charge in [0.25, 0.3) is 15.9 Å². The lowest BCUT2D eigenvalue weighted by Gasteiger charge is -2.24. The summed E-state index contributed by atoms with van der Waals surface area (Å²) in [6, 6.07) is 7.69. The molecule has 0 radical (unpaired) electrons. The van der Waals surface area contributed by atoms with E-state index in [2.05, 4.69) is 10.0 Å². The molecule has 1 fully saturated rings. The summed E-state index contributed by atoms with van der Waals surface area (Å²) in [5.41, 5.74) is -1.42. The first-order valence-electron chi connectivity index (χ1n) is 10.4. The summed E-state index contributed by atoms with van der Waals surface area (Å²) < 4.78 is 71.7. The van der Waals surface area contributed by atoms with Crippen molar-refractivity contribution in [2.24, 2.45) is 0 Å². The Morgan fingerprint density at radius 2 is 1.73 bits per heavy atom. The molecule has 0 bridgehead atoms. The van der Waals surface area contributed by atoms with Gasteiger partial charge in [0.1, 0.15) is 5.75 Å². The molecule has 3 rings (SSSR count). The number of amides is 1. The van der Waals surface area contributed by atoms with Crippen LogP contribution in [0, 0.1) is 0 Å². The molecule has 0 aromatic heterocycles. The number of rotatable bonds is 7. The van der Waals surface area contributed by atoms with Crippen LogP contribution in [0.25, 0.3) is 0 Å². The molecule has 1 amide bonds. The molecule has 0 spiro atoms. The molecule has 2 aromatic rings. The van der Waals surface area contributed by atoms with Crippen LogP contribution in [0.3, 0.4) is 0 Å². The van der Waals surface area contributed by atoms with Crippen LogP contribution < -0.4 is 14.8 Å². The van der Waals surface area contributed by atoms with Gasteiger partial charge in [0, 0.05) is 6.04 Å². The Morgan fingerprint density at radius 1 is 1.09 bits per heavy atom.